The first-order valence-corrected chi connectivity index (χ1v) is 12.7. The van der Waals surface area contributed by atoms with Gasteiger partial charge in [0.2, 0.25) is 0 Å². The fourth-order valence-corrected chi connectivity index (χ4v) is 7.89. The normalized spacial score (nSPS) is 36.5. The fraction of sp³-hybridized carbons (Fsp3) is 0.778. The number of piperidine rings is 1. The highest BCUT2D eigenvalue weighted by atomic mass is 16.5. The van der Waals surface area contributed by atoms with Crippen molar-refractivity contribution in [3.63, 3.8) is 0 Å². The van der Waals surface area contributed by atoms with Gasteiger partial charge in [0.1, 0.15) is 18.9 Å². The lowest BCUT2D eigenvalue weighted by molar-refractivity contribution is -0.952. The molecule has 5 rings (SSSR count). The van der Waals surface area contributed by atoms with E-state index in [1.165, 1.54) is 80.0 Å². The zero-order chi connectivity index (χ0) is 21.0. The number of aryl methyl sites for hydroxylation is 1. The number of ether oxygens (including phenoxy) is 1. The summed E-state index contributed by atoms with van der Waals surface area (Å²) in [5, 5.41) is 0. The van der Waals surface area contributed by atoms with Gasteiger partial charge in [0.15, 0.2) is 0 Å². The first-order chi connectivity index (χ1) is 14.3. The SMILES string of the molecule is C[C@]12CC[C@@H]3c4ccc(OCC[N+]5(C)CCCC5)cc4CC[C@H]3[C@@H]1CCC[N+]2(C)C. The molecular weight excluding hydrogens is 368 g/mol. The molecule has 2 heterocycles. The molecule has 3 heteroatoms. The molecule has 2 saturated heterocycles. The summed E-state index contributed by atoms with van der Waals surface area (Å²) in [6.45, 7) is 8.63. The number of quaternary nitrogens is 2. The van der Waals surface area contributed by atoms with Crippen LogP contribution in [0.5, 0.6) is 5.75 Å². The minimum atomic E-state index is 0.481. The Labute approximate surface area is 184 Å². The Kier molecular flexibility index (Phi) is 5.22. The van der Waals surface area contributed by atoms with Crippen LogP contribution in [0.25, 0.3) is 0 Å². The van der Waals surface area contributed by atoms with Crippen LogP contribution in [0, 0.1) is 11.8 Å². The van der Waals surface area contributed by atoms with Crippen molar-refractivity contribution in [3.8, 4) is 5.75 Å². The van der Waals surface area contributed by atoms with Gasteiger partial charge in [-0.05, 0) is 74.1 Å². The third kappa shape index (κ3) is 3.41. The van der Waals surface area contributed by atoms with E-state index in [1.807, 2.05) is 0 Å². The molecule has 0 radical (unpaired) electrons. The van der Waals surface area contributed by atoms with Crippen molar-refractivity contribution in [2.24, 2.45) is 11.8 Å². The topological polar surface area (TPSA) is 9.23 Å². The number of fused-ring (bicyclic) bond motifs is 5. The summed E-state index contributed by atoms with van der Waals surface area (Å²) in [4.78, 5) is 0. The zero-order valence-corrected chi connectivity index (χ0v) is 20.0. The third-order valence-corrected chi connectivity index (χ3v) is 10.2. The molecule has 0 aromatic heterocycles. The van der Waals surface area contributed by atoms with E-state index in [9.17, 15) is 0 Å². The molecule has 1 aromatic carbocycles. The molecule has 0 unspecified atom stereocenters. The van der Waals surface area contributed by atoms with Crippen molar-refractivity contribution >= 4 is 0 Å². The Morgan fingerprint density at radius 1 is 1.00 bits per heavy atom. The summed E-state index contributed by atoms with van der Waals surface area (Å²) in [6.07, 6.45) is 11.0. The van der Waals surface area contributed by atoms with E-state index in [2.05, 4.69) is 46.3 Å². The molecule has 30 heavy (non-hydrogen) atoms. The molecule has 3 nitrogen and oxygen atoms in total. The highest BCUT2D eigenvalue weighted by Crippen LogP contribution is 2.57. The van der Waals surface area contributed by atoms with Crippen molar-refractivity contribution in [3.05, 3.63) is 29.3 Å². The first kappa shape index (κ1) is 20.8. The molecule has 2 aliphatic heterocycles. The number of hydrogen-bond acceptors (Lipinski definition) is 1. The Morgan fingerprint density at radius 3 is 2.60 bits per heavy atom. The number of rotatable bonds is 4. The Morgan fingerprint density at radius 2 is 1.80 bits per heavy atom. The van der Waals surface area contributed by atoms with Gasteiger partial charge in [-0.3, -0.25) is 0 Å². The van der Waals surface area contributed by atoms with Crippen LogP contribution in [-0.4, -0.2) is 68.4 Å². The van der Waals surface area contributed by atoms with Crippen LogP contribution in [0.15, 0.2) is 18.2 Å². The predicted molar refractivity (Wildman–Crippen MR) is 124 cm³/mol. The molecule has 4 atom stereocenters. The average molecular weight is 413 g/mol. The maximum absolute atomic E-state index is 6.25. The minimum absolute atomic E-state index is 0.481. The van der Waals surface area contributed by atoms with Gasteiger partial charge in [-0.25, -0.2) is 0 Å². The lowest BCUT2D eigenvalue weighted by Gasteiger charge is -2.60. The number of nitrogens with zero attached hydrogens (tertiary/aromatic N) is 2. The third-order valence-electron chi connectivity index (χ3n) is 10.2. The highest BCUT2D eigenvalue weighted by Gasteiger charge is 2.57. The monoisotopic (exact) mass is 412 g/mol. The van der Waals surface area contributed by atoms with E-state index in [0.29, 0.717) is 5.54 Å². The Bertz CT molecular complexity index is 781. The van der Waals surface area contributed by atoms with Gasteiger partial charge >= 0.3 is 0 Å². The lowest BCUT2D eigenvalue weighted by atomic mass is 9.54. The van der Waals surface area contributed by atoms with Gasteiger partial charge in [0.05, 0.1) is 46.3 Å². The van der Waals surface area contributed by atoms with Crippen LogP contribution in [0.1, 0.15) is 68.9 Å². The van der Waals surface area contributed by atoms with Gasteiger partial charge < -0.3 is 13.7 Å². The van der Waals surface area contributed by atoms with Crippen molar-refractivity contribution in [1.82, 2.24) is 0 Å². The van der Waals surface area contributed by atoms with Gasteiger partial charge in [-0.1, -0.05) is 6.07 Å². The molecule has 2 aliphatic carbocycles. The Hall–Kier alpha value is -1.06. The van der Waals surface area contributed by atoms with Crippen LogP contribution in [-0.2, 0) is 6.42 Å². The summed E-state index contributed by atoms with van der Waals surface area (Å²) in [6, 6.07) is 7.11. The van der Waals surface area contributed by atoms with Gasteiger partial charge in [0.25, 0.3) is 0 Å². The second-order valence-corrected chi connectivity index (χ2v) is 12.1. The van der Waals surface area contributed by atoms with Crippen LogP contribution in [0.3, 0.4) is 0 Å². The number of likely N-dealkylation sites (N-methyl/N-ethyl adjacent to an activating group) is 1. The highest BCUT2D eigenvalue weighted by molar-refractivity contribution is 5.40. The summed E-state index contributed by atoms with van der Waals surface area (Å²) in [5.41, 5.74) is 3.73. The summed E-state index contributed by atoms with van der Waals surface area (Å²) in [7, 11) is 7.39. The first-order valence-electron chi connectivity index (χ1n) is 12.7. The van der Waals surface area contributed by atoms with E-state index in [1.54, 1.807) is 11.1 Å². The predicted octanol–water partition coefficient (Wildman–Crippen LogP) is 4.99. The fourth-order valence-electron chi connectivity index (χ4n) is 7.89. The van der Waals surface area contributed by atoms with Crippen molar-refractivity contribution < 1.29 is 13.7 Å². The molecule has 0 N–H and O–H groups in total. The maximum atomic E-state index is 6.25. The summed E-state index contributed by atoms with van der Waals surface area (Å²) < 4.78 is 8.68. The van der Waals surface area contributed by atoms with E-state index in [4.69, 9.17) is 4.74 Å². The second-order valence-electron chi connectivity index (χ2n) is 12.1. The minimum Gasteiger partial charge on any atom is -0.488 e. The van der Waals surface area contributed by atoms with Gasteiger partial charge in [0, 0.05) is 25.2 Å². The standard InChI is InChI=1S/C27H44N2O/c1-27-14-13-24-23-12-10-22(30-19-18-29(4)16-5-6-17-29)20-21(23)9-11-25(24)26(27)8-7-15-28(27,2)3/h10,12,20,24-26H,5-9,11,13-19H2,1-4H3/q+2/t24-,25-,26+,27+/m1/s1. The maximum Gasteiger partial charge on any atom is 0.137 e. The van der Waals surface area contributed by atoms with Crippen LogP contribution >= 0.6 is 0 Å². The molecule has 1 aromatic rings. The van der Waals surface area contributed by atoms with Gasteiger partial charge in [-0.15, -0.1) is 0 Å². The second kappa shape index (κ2) is 7.52. The Balaban J connectivity index is 1.29. The molecule has 3 fully saturated rings. The van der Waals surface area contributed by atoms with Crippen LogP contribution < -0.4 is 4.74 Å². The quantitative estimate of drug-likeness (QED) is 0.633. The van der Waals surface area contributed by atoms with Crippen molar-refractivity contribution in [2.45, 2.75) is 69.7 Å². The van der Waals surface area contributed by atoms with Crippen LogP contribution in [0.4, 0.5) is 0 Å². The molecule has 166 valence electrons. The number of benzene rings is 1. The molecular formula is C27H44N2O+2. The van der Waals surface area contributed by atoms with Crippen LogP contribution in [0.2, 0.25) is 0 Å². The van der Waals surface area contributed by atoms with Crippen molar-refractivity contribution in [1.29, 1.82) is 0 Å². The van der Waals surface area contributed by atoms with E-state index in [-0.39, 0.29) is 0 Å². The smallest absolute Gasteiger partial charge is 0.137 e. The number of hydrogen-bond donors (Lipinski definition) is 0. The number of likely N-dealkylation sites (tertiary alicyclic amines) is 2. The molecule has 0 amide bonds. The van der Waals surface area contributed by atoms with E-state index in [0.717, 1.165) is 36.7 Å². The van der Waals surface area contributed by atoms with Crippen molar-refractivity contribution in [2.75, 3.05) is 53.9 Å². The molecule has 0 spiro atoms. The largest absolute Gasteiger partial charge is 0.488 e. The summed E-state index contributed by atoms with van der Waals surface area (Å²) in [5.74, 6) is 3.68. The molecule has 1 saturated carbocycles. The summed E-state index contributed by atoms with van der Waals surface area (Å²) >= 11 is 0. The average Bonchev–Trinajstić information content (AvgIpc) is 3.14. The zero-order valence-electron chi connectivity index (χ0n) is 20.0. The molecule has 4 aliphatic rings. The van der Waals surface area contributed by atoms with E-state index >= 15 is 0 Å². The lowest BCUT2D eigenvalue weighted by Crippen LogP contribution is -2.67. The van der Waals surface area contributed by atoms with Gasteiger partial charge in [-0.2, -0.15) is 0 Å². The molecule has 0 bridgehead atoms. The van der Waals surface area contributed by atoms with E-state index < -0.39 is 0 Å².